The Kier molecular flexibility index (Phi) is 5.32. The highest BCUT2D eigenvalue weighted by atomic mass is 35.5. The van der Waals surface area contributed by atoms with Gasteiger partial charge in [0, 0.05) is 19.6 Å². The van der Waals surface area contributed by atoms with Gasteiger partial charge in [0.05, 0.1) is 23.9 Å². The molecule has 0 radical (unpaired) electrons. The van der Waals surface area contributed by atoms with Crippen LogP contribution >= 0.6 is 23.7 Å². The maximum atomic E-state index is 12.1. The topological polar surface area (TPSA) is 68.5 Å². The summed E-state index contributed by atoms with van der Waals surface area (Å²) >= 11 is 1.42. The minimum atomic E-state index is -0.0354. The van der Waals surface area contributed by atoms with Crippen LogP contribution < -0.4 is 5.73 Å². The summed E-state index contributed by atoms with van der Waals surface area (Å²) in [5.74, 6) is 0.0346. The lowest BCUT2D eigenvalue weighted by Crippen LogP contribution is -2.48. The Hall–Kier alpha value is -0.690. The predicted molar refractivity (Wildman–Crippen MR) is 68.8 cm³/mol. The number of carbonyl (C=O) groups excluding carboxylic acids is 1. The summed E-state index contributed by atoms with van der Waals surface area (Å²) < 4.78 is 5.42. The summed E-state index contributed by atoms with van der Waals surface area (Å²) in [6.45, 7) is 4.11. The van der Waals surface area contributed by atoms with Crippen LogP contribution in [-0.4, -0.2) is 48.1 Å². The fraction of sp³-hybridized carbons (Fsp3) is 0.600. The van der Waals surface area contributed by atoms with E-state index in [1.807, 2.05) is 6.92 Å². The highest BCUT2D eigenvalue weighted by Gasteiger charge is 2.25. The fourth-order valence-electron chi connectivity index (χ4n) is 1.66. The summed E-state index contributed by atoms with van der Waals surface area (Å²) in [5, 5.41) is 0.909. The smallest absolute Gasteiger partial charge is 0.265 e. The van der Waals surface area contributed by atoms with Gasteiger partial charge in [-0.25, -0.2) is 4.98 Å². The van der Waals surface area contributed by atoms with Gasteiger partial charge in [0.2, 0.25) is 0 Å². The number of aromatic nitrogens is 1. The molecule has 1 aromatic heterocycles. The summed E-state index contributed by atoms with van der Waals surface area (Å²) in [5.41, 5.74) is 5.54. The number of rotatable bonds is 2. The summed E-state index contributed by atoms with van der Waals surface area (Å²) in [4.78, 5) is 18.6. The molecule has 2 heterocycles. The summed E-state index contributed by atoms with van der Waals surface area (Å²) in [7, 11) is 0. The number of thiazole rings is 1. The van der Waals surface area contributed by atoms with Crippen molar-refractivity contribution in [1.82, 2.24) is 9.88 Å². The van der Waals surface area contributed by atoms with E-state index in [2.05, 4.69) is 4.98 Å². The molecular formula is C10H16ClN3O2S. The van der Waals surface area contributed by atoms with Crippen molar-refractivity contribution in [2.75, 3.05) is 26.2 Å². The average molecular weight is 278 g/mol. The molecule has 0 saturated carbocycles. The second kappa shape index (κ2) is 6.30. The van der Waals surface area contributed by atoms with Gasteiger partial charge < -0.3 is 15.4 Å². The van der Waals surface area contributed by atoms with E-state index >= 15 is 0 Å². The van der Waals surface area contributed by atoms with Crippen molar-refractivity contribution in [1.29, 1.82) is 0 Å². The van der Waals surface area contributed by atoms with Gasteiger partial charge in [-0.15, -0.1) is 23.7 Å². The van der Waals surface area contributed by atoms with Gasteiger partial charge in [0.15, 0.2) is 0 Å². The van der Waals surface area contributed by atoms with Crippen molar-refractivity contribution in [2.45, 2.75) is 13.0 Å². The van der Waals surface area contributed by atoms with Gasteiger partial charge >= 0.3 is 0 Å². The van der Waals surface area contributed by atoms with Crippen LogP contribution in [0.2, 0.25) is 0 Å². The van der Waals surface area contributed by atoms with Crippen LogP contribution in [0.25, 0.3) is 0 Å². The zero-order valence-corrected chi connectivity index (χ0v) is 11.2. The van der Waals surface area contributed by atoms with E-state index in [0.717, 1.165) is 5.01 Å². The third-order valence-electron chi connectivity index (χ3n) is 2.52. The SMILES string of the molecule is Cc1ncc(C(=O)N2CCOC(CN)C2)s1.Cl. The molecule has 1 fully saturated rings. The first-order valence-electron chi connectivity index (χ1n) is 5.24. The van der Waals surface area contributed by atoms with Gasteiger partial charge in [-0.2, -0.15) is 0 Å². The molecule has 1 aliphatic heterocycles. The quantitative estimate of drug-likeness (QED) is 0.863. The minimum Gasteiger partial charge on any atom is -0.373 e. The Labute approximate surface area is 110 Å². The minimum absolute atomic E-state index is 0. The largest absolute Gasteiger partial charge is 0.373 e. The van der Waals surface area contributed by atoms with Crippen LogP contribution in [0.4, 0.5) is 0 Å². The molecule has 0 aromatic carbocycles. The average Bonchev–Trinajstić information content (AvgIpc) is 2.75. The molecular weight excluding hydrogens is 262 g/mol. The van der Waals surface area contributed by atoms with E-state index < -0.39 is 0 Å². The Bertz CT molecular complexity index is 385. The molecule has 1 aromatic rings. The number of nitrogens with two attached hydrogens (primary N) is 1. The van der Waals surface area contributed by atoms with E-state index in [0.29, 0.717) is 31.1 Å². The van der Waals surface area contributed by atoms with Crippen molar-refractivity contribution < 1.29 is 9.53 Å². The Morgan fingerprint density at radius 3 is 3.12 bits per heavy atom. The second-order valence-electron chi connectivity index (χ2n) is 3.72. The molecule has 1 saturated heterocycles. The van der Waals surface area contributed by atoms with Crippen LogP contribution in [0.3, 0.4) is 0 Å². The normalized spacial score (nSPS) is 19.9. The standard InChI is InChI=1S/C10H15N3O2S.ClH/c1-7-12-5-9(16-7)10(14)13-2-3-15-8(4-11)6-13;/h5,8H,2-4,6,11H2,1H3;1H. The van der Waals surface area contributed by atoms with Gasteiger partial charge in [-0.05, 0) is 6.92 Å². The number of carbonyl (C=O) groups is 1. The van der Waals surface area contributed by atoms with E-state index in [1.165, 1.54) is 11.3 Å². The van der Waals surface area contributed by atoms with Crippen molar-refractivity contribution in [2.24, 2.45) is 5.73 Å². The lowest BCUT2D eigenvalue weighted by molar-refractivity contribution is -0.0165. The Balaban J connectivity index is 0.00000144. The first-order valence-corrected chi connectivity index (χ1v) is 6.05. The lowest BCUT2D eigenvalue weighted by Gasteiger charge is -2.31. The maximum absolute atomic E-state index is 12.1. The molecule has 96 valence electrons. The first-order chi connectivity index (χ1) is 7.70. The molecule has 1 amide bonds. The fourth-order valence-corrected chi connectivity index (χ4v) is 2.41. The van der Waals surface area contributed by atoms with Crippen molar-refractivity contribution in [3.63, 3.8) is 0 Å². The number of hydrogen-bond donors (Lipinski definition) is 1. The monoisotopic (exact) mass is 277 g/mol. The highest BCUT2D eigenvalue weighted by molar-refractivity contribution is 7.13. The van der Waals surface area contributed by atoms with Gasteiger partial charge in [-0.3, -0.25) is 4.79 Å². The molecule has 7 heteroatoms. The third kappa shape index (κ3) is 3.38. The number of amides is 1. The van der Waals surface area contributed by atoms with E-state index in [-0.39, 0.29) is 24.4 Å². The van der Waals surface area contributed by atoms with Crippen LogP contribution in [0.5, 0.6) is 0 Å². The molecule has 0 aliphatic carbocycles. The number of morpholine rings is 1. The Morgan fingerprint density at radius 1 is 1.76 bits per heavy atom. The lowest BCUT2D eigenvalue weighted by atomic mass is 10.2. The molecule has 1 atom stereocenters. The van der Waals surface area contributed by atoms with E-state index in [9.17, 15) is 4.79 Å². The highest BCUT2D eigenvalue weighted by Crippen LogP contribution is 2.16. The van der Waals surface area contributed by atoms with Crippen molar-refractivity contribution in [3.8, 4) is 0 Å². The molecule has 0 spiro atoms. The molecule has 1 aliphatic rings. The molecule has 5 nitrogen and oxygen atoms in total. The number of nitrogens with zero attached hydrogens (tertiary/aromatic N) is 2. The first kappa shape index (κ1) is 14.4. The third-order valence-corrected chi connectivity index (χ3v) is 3.42. The molecule has 2 N–H and O–H groups in total. The number of ether oxygens (including phenoxy) is 1. The number of halogens is 1. The number of aryl methyl sites for hydroxylation is 1. The van der Waals surface area contributed by atoms with Crippen molar-refractivity contribution in [3.05, 3.63) is 16.1 Å². The Morgan fingerprint density at radius 2 is 2.53 bits per heavy atom. The van der Waals surface area contributed by atoms with Gasteiger partial charge in [-0.1, -0.05) is 0 Å². The zero-order valence-electron chi connectivity index (χ0n) is 9.59. The van der Waals surface area contributed by atoms with Crippen LogP contribution in [0.15, 0.2) is 6.20 Å². The van der Waals surface area contributed by atoms with Gasteiger partial charge in [0.1, 0.15) is 4.88 Å². The molecule has 0 bridgehead atoms. The van der Waals surface area contributed by atoms with E-state index in [4.69, 9.17) is 10.5 Å². The maximum Gasteiger partial charge on any atom is 0.265 e. The zero-order chi connectivity index (χ0) is 11.5. The van der Waals surface area contributed by atoms with Gasteiger partial charge in [0.25, 0.3) is 5.91 Å². The summed E-state index contributed by atoms with van der Waals surface area (Å²) in [6.07, 6.45) is 1.60. The van der Waals surface area contributed by atoms with Crippen LogP contribution in [0, 0.1) is 6.92 Å². The van der Waals surface area contributed by atoms with E-state index in [1.54, 1.807) is 11.1 Å². The number of hydrogen-bond acceptors (Lipinski definition) is 5. The molecule has 1 unspecified atom stereocenters. The van der Waals surface area contributed by atoms with Crippen LogP contribution in [0.1, 0.15) is 14.7 Å². The molecule has 2 rings (SSSR count). The summed E-state index contributed by atoms with van der Waals surface area (Å²) in [6, 6.07) is 0. The predicted octanol–water partition coefficient (Wildman–Crippen LogP) is 0.673. The second-order valence-corrected chi connectivity index (χ2v) is 4.96. The van der Waals surface area contributed by atoms with Crippen molar-refractivity contribution >= 4 is 29.7 Å². The molecule has 17 heavy (non-hydrogen) atoms. The van der Waals surface area contributed by atoms with Crippen LogP contribution in [-0.2, 0) is 4.74 Å².